The molecule has 0 bridgehead atoms. The number of halogens is 1. The van der Waals surface area contributed by atoms with E-state index in [1.807, 2.05) is 25.1 Å². The Morgan fingerprint density at radius 3 is 2.55 bits per heavy atom. The minimum Gasteiger partial charge on any atom is -0.488 e. The van der Waals surface area contributed by atoms with Gasteiger partial charge >= 0.3 is 0 Å². The van der Waals surface area contributed by atoms with Crippen molar-refractivity contribution in [1.82, 2.24) is 0 Å². The van der Waals surface area contributed by atoms with Crippen LogP contribution >= 0.6 is 11.6 Å². The monoisotopic (exact) mass is 291 g/mol. The third kappa shape index (κ3) is 3.08. The summed E-state index contributed by atoms with van der Waals surface area (Å²) in [6, 6.07) is 12.3. The number of nitrogens with zero attached hydrogens (tertiary/aromatic N) is 1. The van der Waals surface area contributed by atoms with E-state index in [4.69, 9.17) is 16.3 Å². The van der Waals surface area contributed by atoms with E-state index in [0.29, 0.717) is 17.2 Å². The van der Waals surface area contributed by atoms with Gasteiger partial charge < -0.3 is 4.74 Å². The number of rotatable bonds is 5. The van der Waals surface area contributed by atoms with E-state index in [0.717, 1.165) is 11.1 Å². The number of aryl methyl sites for hydroxylation is 1. The summed E-state index contributed by atoms with van der Waals surface area (Å²) in [6.07, 6.45) is 0. The van der Waals surface area contributed by atoms with Gasteiger partial charge in [-0.2, -0.15) is 0 Å². The molecule has 5 heteroatoms. The Morgan fingerprint density at radius 2 is 1.85 bits per heavy atom. The third-order valence-corrected chi connectivity index (χ3v) is 3.29. The van der Waals surface area contributed by atoms with Gasteiger partial charge in [-0.15, -0.1) is 11.6 Å². The quantitative estimate of drug-likeness (QED) is 0.471. The normalized spacial score (nSPS) is 10.3. The van der Waals surface area contributed by atoms with Gasteiger partial charge in [-0.25, -0.2) is 0 Å². The van der Waals surface area contributed by atoms with Crippen LogP contribution in [0, 0.1) is 17.0 Å². The van der Waals surface area contributed by atoms with Gasteiger partial charge in [0.2, 0.25) is 0 Å². The average Bonchev–Trinajstić information content (AvgIpc) is 2.46. The van der Waals surface area contributed by atoms with E-state index in [1.165, 1.54) is 6.07 Å². The van der Waals surface area contributed by atoms with Crippen molar-refractivity contribution in [2.24, 2.45) is 0 Å². The molecule has 0 fully saturated rings. The fourth-order valence-electron chi connectivity index (χ4n) is 1.99. The molecule has 0 heterocycles. The summed E-state index contributed by atoms with van der Waals surface area (Å²) >= 11 is 5.88. The molecule has 0 aromatic heterocycles. The highest BCUT2D eigenvalue weighted by atomic mass is 35.5. The Hall–Kier alpha value is -2.07. The van der Waals surface area contributed by atoms with Crippen LogP contribution in [0.2, 0.25) is 0 Å². The van der Waals surface area contributed by atoms with E-state index in [9.17, 15) is 10.1 Å². The van der Waals surface area contributed by atoms with Crippen LogP contribution in [0.25, 0.3) is 0 Å². The van der Waals surface area contributed by atoms with Gasteiger partial charge in [-0.1, -0.05) is 30.3 Å². The summed E-state index contributed by atoms with van der Waals surface area (Å²) in [5.41, 5.74) is 2.45. The van der Waals surface area contributed by atoms with Crippen molar-refractivity contribution in [1.29, 1.82) is 0 Å². The number of para-hydroxylation sites is 2. The zero-order chi connectivity index (χ0) is 14.5. The highest BCUT2D eigenvalue weighted by Crippen LogP contribution is 2.27. The first-order valence-corrected chi connectivity index (χ1v) is 6.66. The van der Waals surface area contributed by atoms with E-state index >= 15 is 0 Å². The summed E-state index contributed by atoms with van der Waals surface area (Å²) in [5.74, 6) is 1.04. The number of hydrogen-bond donors (Lipinski definition) is 0. The molecular weight excluding hydrogens is 278 g/mol. The number of benzene rings is 2. The standard InChI is InChI=1S/C15H14ClNO3/c1-11-5-4-7-12(9-16)15(11)20-10-13-6-2-3-8-14(13)17(18)19/h2-8H,9-10H2,1H3. The maximum absolute atomic E-state index is 11.0. The van der Waals surface area contributed by atoms with E-state index in [1.54, 1.807) is 18.2 Å². The van der Waals surface area contributed by atoms with Crippen molar-refractivity contribution in [3.63, 3.8) is 0 Å². The number of nitro groups is 1. The second kappa shape index (κ2) is 6.39. The highest BCUT2D eigenvalue weighted by molar-refractivity contribution is 6.17. The molecule has 0 saturated carbocycles. The molecular formula is C15H14ClNO3. The zero-order valence-electron chi connectivity index (χ0n) is 11.0. The minimum absolute atomic E-state index is 0.0634. The van der Waals surface area contributed by atoms with Gasteiger partial charge in [-0.05, 0) is 18.6 Å². The lowest BCUT2D eigenvalue weighted by Crippen LogP contribution is -2.02. The zero-order valence-corrected chi connectivity index (χ0v) is 11.8. The Morgan fingerprint density at radius 1 is 1.15 bits per heavy atom. The lowest BCUT2D eigenvalue weighted by Gasteiger charge is -2.12. The summed E-state index contributed by atoms with van der Waals surface area (Å²) in [6.45, 7) is 2.07. The maximum atomic E-state index is 11.0. The predicted molar refractivity (Wildman–Crippen MR) is 78.2 cm³/mol. The van der Waals surface area contributed by atoms with Gasteiger partial charge in [0.05, 0.1) is 16.4 Å². The van der Waals surface area contributed by atoms with E-state index in [-0.39, 0.29) is 12.3 Å². The van der Waals surface area contributed by atoms with Crippen LogP contribution in [0.3, 0.4) is 0 Å². The first-order chi connectivity index (χ1) is 9.63. The smallest absolute Gasteiger partial charge is 0.276 e. The molecule has 104 valence electrons. The van der Waals surface area contributed by atoms with Crippen molar-refractivity contribution < 1.29 is 9.66 Å². The molecule has 0 aliphatic carbocycles. The van der Waals surface area contributed by atoms with Crippen molar-refractivity contribution >= 4 is 17.3 Å². The topological polar surface area (TPSA) is 52.4 Å². The van der Waals surface area contributed by atoms with Gasteiger partial charge in [0.1, 0.15) is 12.4 Å². The van der Waals surface area contributed by atoms with Crippen LogP contribution in [0.15, 0.2) is 42.5 Å². The molecule has 0 N–H and O–H groups in total. The van der Waals surface area contributed by atoms with Crippen molar-refractivity contribution in [3.8, 4) is 5.75 Å². The van der Waals surface area contributed by atoms with Gasteiger partial charge in [0.15, 0.2) is 0 Å². The molecule has 20 heavy (non-hydrogen) atoms. The van der Waals surface area contributed by atoms with Crippen LogP contribution in [-0.4, -0.2) is 4.92 Å². The van der Waals surface area contributed by atoms with Crippen molar-refractivity contribution in [2.75, 3.05) is 0 Å². The average molecular weight is 292 g/mol. The third-order valence-electron chi connectivity index (χ3n) is 3.00. The van der Waals surface area contributed by atoms with Gasteiger partial charge in [0.25, 0.3) is 5.69 Å². The lowest BCUT2D eigenvalue weighted by atomic mass is 10.1. The molecule has 0 amide bonds. The van der Waals surface area contributed by atoms with Crippen LogP contribution in [0.5, 0.6) is 5.75 Å². The van der Waals surface area contributed by atoms with Crippen LogP contribution in [0.1, 0.15) is 16.7 Å². The largest absolute Gasteiger partial charge is 0.488 e. The van der Waals surface area contributed by atoms with Gasteiger partial charge in [-0.3, -0.25) is 10.1 Å². The Kier molecular flexibility index (Phi) is 4.58. The molecule has 2 aromatic carbocycles. The van der Waals surface area contributed by atoms with Crippen LogP contribution in [0.4, 0.5) is 5.69 Å². The van der Waals surface area contributed by atoms with Crippen LogP contribution in [-0.2, 0) is 12.5 Å². The van der Waals surface area contributed by atoms with Gasteiger partial charge in [0, 0.05) is 11.6 Å². The van der Waals surface area contributed by atoms with Crippen molar-refractivity contribution in [3.05, 3.63) is 69.3 Å². The Balaban J connectivity index is 2.24. The highest BCUT2D eigenvalue weighted by Gasteiger charge is 2.14. The first kappa shape index (κ1) is 14.3. The SMILES string of the molecule is Cc1cccc(CCl)c1OCc1ccccc1[N+](=O)[O-]. The molecule has 2 rings (SSSR count). The number of nitro benzene ring substituents is 1. The molecule has 0 unspecified atom stereocenters. The second-order valence-electron chi connectivity index (χ2n) is 4.37. The fraction of sp³-hybridized carbons (Fsp3) is 0.200. The summed E-state index contributed by atoms with van der Waals surface area (Å²) in [7, 11) is 0. The molecule has 0 aliphatic rings. The fourth-order valence-corrected chi connectivity index (χ4v) is 2.20. The van der Waals surface area contributed by atoms with E-state index in [2.05, 4.69) is 0 Å². The molecule has 2 aromatic rings. The number of ether oxygens (including phenoxy) is 1. The van der Waals surface area contributed by atoms with Crippen molar-refractivity contribution in [2.45, 2.75) is 19.4 Å². The predicted octanol–water partition coefficient (Wildman–Crippen LogP) is 4.22. The summed E-state index contributed by atoms with van der Waals surface area (Å²) in [5, 5.41) is 11.0. The number of alkyl halides is 1. The lowest BCUT2D eigenvalue weighted by molar-refractivity contribution is -0.385. The molecule has 0 aliphatic heterocycles. The molecule has 0 spiro atoms. The molecule has 0 atom stereocenters. The first-order valence-electron chi connectivity index (χ1n) is 6.13. The van der Waals surface area contributed by atoms with Crippen LogP contribution < -0.4 is 4.74 Å². The number of hydrogen-bond acceptors (Lipinski definition) is 3. The molecule has 4 nitrogen and oxygen atoms in total. The molecule has 0 saturated heterocycles. The molecule has 0 radical (unpaired) electrons. The summed E-state index contributed by atoms with van der Waals surface area (Å²) < 4.78 is 5.75. The Labute approximate surface area is 122 Å². The Bertz CT molecular complexity index is 628. The summed E-state index contributed by atoms with van der Waals surface area (Å²) in [4.78, 5) is 10.5. The minimum atomic E-state index is -0.404. The second-order valence-corrected chi connectivity index (χ2v) is 4.64. The maximum Gasteiger partial charge on any atom is 0.276 e. The van der Waals surface area contributed by atoms with E-state index < -0.39 is 4.92 Å².